The summed E-state index contributed by atoms with van der Waals surface area (Å²) >= 11 is 3.24. The van der Waals surface area contributed by atoms with Gasteiger partial charge in [-0.05, 0) is 44.2 Å². The van der Waals surface area contributed by atoms with Gasteiger partial charge in [0.15, 0.2) is 0 Å². The summed E-state index contributed by atoms with van der Waals surface area (Å²) in [6, 6.07) is 8.38. The number of aromatic nitrogens is 1. The molecule has 0 aliphatic heterocycles. The smallest absolute Gasteiger partial charge is 0.145 e. The summed E-state index contributed by atoms with van der Waals surface area (Å²) < 4.78 is 19.5. The average Bonchev–Trinajstić information content (AvgIpc) is 2.44. The molecule has 1 heterocycles. The van der Waals surface area contributed by atoms with Gasteiger partial charge in [-0.1, -0.05) is 22.9 Å². The van der Waals surface area contributed by atoms with Crippen LogP contribution in [0.1, 0.15) is 32.0 Å². The van der Waals surface area contributed by atoms with Crippen LogP contribution in [0.25, 0.3) is 0 Å². The Balaban J connectivity index is 2.05. The van der Waals surface area contributed by atoms with Crippen molar-refractivity contribution in [2.75, 3.05) is 6.54 Å². The summed E-state index contributed by atoms with van der Waals surface area (Å²) in [5, 5.41) is 3.37. The van der Waals surface area contributed by atoms with Crippen molar-refractivity contribution in [3.63, 3.8) is 0 Å². The van der Waals surface area contributed by atoms with Crippen LogP contribution in [0.2, 0.25) is 0 Å². The highest BCUT2D eigenvalue weighted by atomic mass is 79.9. The molecule has 0 fully saturated rings. The van der Waals surface area contributed by atoms with Gasteiger partial charge in [0.2, 0.25) is 0 Å². The second-order valence-electron chi connectivity index (χ2n) is 4.80. The van der Waals surface area contributed by atoms with Crippen molar-refractivity contribution in [1.82, 2.24) is 10.3 Å². The van der Waals surface area contributed by atoms with Crippen LogP contribution in [0.3, 0.4) is 0 Å². The second-order valence-corrected chi connectivity index (χ2v) is 5.72. The standard InChI is InChI=1S/C16H18BrFN2O/c1-3-6-19-11(2)16-5-4-14(10-20-16)21-15-8-12(17)7-13(18)9-15/h4-5,7-11,19H,3,6H2,1-2H3. The highest BCUT2D eigenvalue weighted by Gasteiger charge is 2.07. The van der Waals surface area contributed by atoms with Crippen LogP contribution >= 0.6 is 15.9 Å². The molecule has 21 heavy (non-hydrogen) atoms. The van der Waals surface area contributed by atoms with E-state index < -0.39 is 0 Å². The molecule has 3 nitrogen and oxygen atoms in total. The molecule has 2 rings (SSSR count). The van der Waals surface area contributed by atoms with Crippen LogP contribution in [0, 0.1) is 5.82 Å². The molecule has 5 heteroatoms. The minimum Gasteiger partial charge on any atom is -0.456 e. The maximum absolute atomic E-state index is 13.3. The van der Waals surface area contributed by atoms with E-state index in [2.05, 4.69) is 40.1 Å². The average molecular weight is 353 g/mol. The number of ether oxygens (including phenoxy) is 1. The summed E-state index contributed by atoms with van der Waals surface area (Å²) in [4.78, 5) is 4.38. The number of benzene rings is 1. The lowest BCUT2D eigenvalue weighted by molar-refractivity contribution is 0.472. The Hall–Kier alpha value is -1.46. The second kappa shape index (κ2) is 7.52. The zero-order chi connectivity index (χ0) is 15.2. The highest BCUT2D eigenvalue weighted by molar-refractivity contribution is 9.10. The number of pyridine rings is 1. The third kappa shape index (κ3) is 4.79. The molecule has 0 aliphatic carbocycles. The predicted octanol–water partition coefficient (Wildman–Crippen LogP) is 4.84. The van der Waals surface area contributed by atoms with Crippen LogP contribution in [0.5, 0.6) is 11.5 Å². The first kappa shape index (κ1) is 15.9. The summed E-state index contributed by atoms with van der Waals surface area (Å²) in [6.45, 7) is 5.15. The molecular formula is C16H18BrFN2O. The first-order valence-electron chi connectivity index (χ1n) is 6.91. The van der Waals surface area contributed by atoms with E-state index in [4.69, 9.17) is 4.74 Å². The quantitative estimate of drug-likeness (QED) is 0.807. The molecule has 1 atom stereocenters. The van der Waals surface area contributed by atoms with Crippen LogP contribution in [-0.4, -0.2) is 11.5 Å². The number of hydrogen-bond acceptors (Lipinski definition) is 3. The maximum Gasteiger partial charge on any atom is 0.145 e. The first-order valence-corrected chi connectivity index (χ1v) is 7.71. The molecule has 0 radical (unpaired) electrons. The topological polar surface area (TPSA) is 34.1 Å². The molecule has 1 N–H and O–H groups in total. The molecular weight excluding hydrogens is 335 g/mol. The minimum atomic E-state index is -0.346. The fraction of sp³-hybridized carbons (Fsp3) is 0.312. The van der Waals surface area contributed by atoms with Gasteiger partial charge in [0.05, 0.1) is 11.9 Å². The maximum atomic E-state index is 13.3. The van der Waals surface area contributed by atoms with Crippen molar-refractivity contribution in [2.45, 2.75) is 26.3 Å². The van der Waals surface area contributed by atoms with E-state index in [-0.39, 0.29) is 11.9 Å². The van der Waals surface area contributed by atoms with Gasteiger partial charge in [0.25, 0.3) is 0 Å². The number of rotatable bonds is 6. The lowest BCUT2D eigenvalue weighted by atomic mass is 10.2. The van der Waals surface area contributed by atoms with Crippen molar-refractivity contribution >= 4 is 15.9 Å². The fourth-order valence-electron chi connectivity index (χ4n) is 1.90. The Morgan fingerprint density at radius 3 is 2.71 bits per heavy atom. The Morgan fingerprint density at radius 2 is 2.10 bits per heavy atom. The molecule has 1 aromatic heterocycles. The first-order chi connectivity index (χ1) is 10.1. The van der Waals surface area contributed by atoms with Gasteiger partial charge >= 0.3 is 0 Å². The van der Waals surface area contributed by atoms with Gasteiger partial charge in [-0.2, -0.15) is 0 Å². The van der Waals surface area contributed by atoms with E-state index in [1.165, 1.54) is 12.1 Å². The molecule has 1 aromatic carbocycles. The molecule has 1 unspecified atom stereocenters. The van der Waals surface area contributed by atoms with E-state index in [0.717, 1.165) is 18.7 Å². The van der Waals surface area contributed by atoms with Gasteiger partial charge in [-0.3, -0.25) is 4.98 Å². The monoisotopic (exact) mass is 352 g/mol. The SMILES string of the molecule is CCCNC(C)c1ccc(Oc2cc(F)cc(Br)c2)cn1. The highest BCUT2D eigenvalue weighted by Crippen LogP contribution is 2.26. The molecule has 0 saturated heterocycles. The van der Waals surface area contributed by atoms with Crippen molar-refractivity contribution in [3.8, 4) is 11.5 Å². The number of nitrogens with zero attached hydrogens (tertiary/aromatic N) is 1. The molecule has 0 bridgehead atoms. The molecule has 2 aromatic rings. The van der Waals surface area contributed by atoms with E-state index in [0.29, 0.717) is 16.0 Å². The zero-order valence-corrected chi connectivity index (χ0v) is 13.7. The largest absolute Gasteiger partial charge is 0.456 e. The predicted molar refractivity (Wildman–Crippen MR) is 85.1 cm³/mol. The third-order valence-corrected chi connectivity index (χ3v) is 3.43. The van der Waals surface area contributed by atoms with Gasteiger partial charge in [0, 0.05) is 16.6 Å². The number of halogens is 2. The Bertz CT molecular complexity index is 569. The fourth-order valence-corrected chi connectivity index (χ4v) is 2.34. The van der Waals surface area contributed by atoms with E-state index >= 15 is 0 Å². The van der Waals surface area contributed by atoms with E-state index in [1.807, 2.05) is 12.1 Å². The minimum absolute atomic E-state index is 0.197. The van der Waals surface area contributed by atoms with Gasteiger partial charge in [-0.15, -0.1) is 0 Å². The Labute approximate surface area is 132 Å². The Morgan fingerprint density at radius 1 is 1.29 bits per heavy atom. The van der Waals surface area contributed by atoms with Gasteiger partial charge in [0.1, 0.15) is 17.3 Å². The molecule has 112 valence electrons. The summed E-state index contributed by atoms with van der Waals surface area (Å²) in [5.74, 6) is 0.675. The van der Waals surface area contributed by atoms with Crippen molar-refractivity contribution < 1.29 is 9.13 Å². The lowest BCUT2D eigenvalue weighted by Gasteiger charge is -2.13. The van der Waals surface area contributed by atoms with Crippen LogP contribution in [0.4, 0.5) is 4.39 Å². The Kier molecular flexibility index (Phi) is 5.70. The normalized spacial score (nSPS) is 12.2. The lowest BCUT2D eigenvalue weighted by Crippen LogP contribution is -2.20. The number of hydrogen-bond donors (Lipinski definition) is 1. The summed E-state index contributed by atoms with van der Waals surface area (Å²) in [6.07, 6.45) is 2.73. The summed E-state index contributed by atoms with van der Waals surface area (Å²) in [7, 11) is 0. The molecule has 0 aliphatic rings. The van der Waals surface area contributed by atoms with Crippen molar-refractivity contribution in [1.29, 1.82) is 0 Å². The molecule has 0 amide bonds. The van der Waals surface area contributed by atoms with Crippen molar-refractivity contribution in [3.05, 3.63) is 52.5 Å². The van der Waals surface area contributed by atoms with Crippen LogP contribution in [0.15, 0.2) is 41.0 Å². The van der Waals surface area contributed by atoms with Crippen LogP contribution < -0.4 is 10.1 Å². The van der Waals surface area contributed by atoms with Gasteiger partial charge in [-0.25, -0.2) is 4.39 Å². The van der Waals surface area contributed by atoms with Crippen molar-refractivity contribution in [2.24, 2.45) is 0 Å². The molecule has 0 spiro atoms. The third-order valence-electron chi connectivity index (χ3n) is 2.98. The van der Waals surface area contributed by atoms with E-state index in [1.54, 1.807) is 12.3 Å². The molecule has 0 saturated carbocycles. The van der Waals surface area contributed by atoms with Gasteiger partial charge < -0.3 is 10.1 Å². The number of nitrogens with one attached hydrogen (secondary N) is 1. The van der Waals surface area contributed by atoms with Crippen LogP contribution in [-0.2, 0) is 0 Å². The summed E-state index contributed by atoms with van der Waals surface area (Å²) in [5.41, 5.74) is 0.955. The van der Waals surface area contributed by atoms with E-state index in [9.17, 15) is 4.39 Å². The zero-order valence-electron chi connectivity index (χ0n) is 12.1.